The molecule has 1 saturated heterocycles. The van der Waals surface area contributed by atoms with E-state index in [4.69, 9.17) is 4.74 Å². The van der Waals surface area contributed by atoms with Crippen LogP contribution in [-0.2, 0) is 4.74 Å². The SMILES string of the molecule is CC#CCC(NCCC)C1(N2CCOCC2)CCCC1. The molecule has 0 aromatic rings. The monoisotopic (exact) mass is 278 g/mol. The minimum absolute atomic E-state index is 0.322. The second-order valence-corrected chi connectivity index (χ2v) is 6.05. The van der Waals surface area contributed by atoms with E-state index in [0.717, 1.165) is 39.3 Å². The molecular weight excluding hydrogens is 248 g/mol. The summed E-state index contributed by atoms with van der Waals surface area (Å²) in [6.07, 6.45) is 7.53. The van der Waals surface area contributed by atoms with Gasteiger partial charge in [-0.1, -0.05) is 19.8 Å². The highest BCUT2D eigenvalue weighted by molar-refractivity contribution is 5.09. The summed E-state index contributed by atoms with van der Waals surface area (Å²) in [7, 11) is 0. The highest BCUT2D eigenvalue weighted by Gasteiger charge is 2.45. The van der Waals surface area contributed by atoms with Crippen LogP contribution in [0, 0.1) is 11.8 Å². The Kier molecular flexibility index (Phi) is 6.35. The van der Waals surface area contributed by atoms with Gasteiger partial charge >= 0.3 is 0 Å². The van der Waals surface area contributed by atoms with Crippen LogP contribution in [0.3, 0.4) is 0 Å². The molecule has 3 heteroatoms. The second-order valence-electron chi connectivity index (χ2n) is 6.05. The van der Waals surface area contributed by atoms with Crippen LogP contribution in [0.4, 0.5) is 0 Å². The van der Waals surface area contributed by atoms with Crippen molar-refractivity contribution in [1.82, 2.24) is 10.2 Å². The zero-order chi connectivity index (χ0) is 14.3. The third-order valence-electron chi connectivity index (χ3n) is 4.88. The van der Waals surface area contributed by atoms with Crippen molar-refractivity contribution in [3.05, 3.63) is 0 Å². The highest BCUT2D eigenvalue weighted by Crippen LogP contribution is 2.39. The molecule has 1 N–H and O–H groups in total. The summed E-state index contributed by atoms with van der Waals surface area (Å²) in [6, 6.07) is 0.510. The molecule has 0 bridgehead atoms. The van der Waals surface area contributed by atoms with Crippen LogP contribution in [-0.4, -0.2) is 49.3 Å². The van der Waals surface area contributed by atoms with Gasteiger partial charge in [0.15, 0.2) is 0 Å². The summed E-state index contributed by atoms with van der Waals surface area (Å²) < 4.78 is 5.56. The summed E-state index contributed by atoms with van der Waals surface area (Å²) in [5.74, 6) is 6.41. The molecule has 1 unspecified atom stereocenters. The van der Waals surface area contributed by atoms with Gasteiger partial charge in [0.2, 0.25) is 0 Å². The van der Waals surface area contributed by atoms with Gasteiger partial charge in [0.1, 0.15) is 0 Å². The molecule has 1 heterocycles. The summed E-state index contributed by atoms with van der Waals surface area (Å²) in [6.45, 7) is 9.25. The molecular formula is C17H30N2O. The van der Waals surface area contributed by atoms with Crippen molar-refractivity contribution in [3.63, 3.8) is 0 Å². The van der Waals surface area contributed by atoms with Gasteiger partial charge in [-0.25, -0.2) is 0 Å². The van der Waals surface area contributed by atoms with E-state index in [2.05, 4.69) is 29.0 Å². The van der Waals surface area contributed by atoms with E-state index in [1.165, 1.54) is 32.1 Å². The third-order valence-corrected chi connectivity index (χ3v) is 4.88. The summed E-state index contributed by atoms with van der Waals surface area (Å²) in [5, 5.41) is 3.80. The van der Waals surface area contributed by atoms with Crippen LogP contribution in [0.1, 0.15) is 52.4 Å². The second kappa shape index (κ2) is 8.02. The van der Waals surface area contributed by atoms with Crippen molar-refractivity contribution in [2.24, 2.45) is 0 Å². The van der Waals surface area contributed by atoms with Crippen molar-refractivity contribution in [1.29, 1.82) is 0 Å². The molecule has 0 radical (unpaired) electrons. The lowest BCUT2D eigenvalue weighted by atomic mass is 9.83. The van der Waals surface area contributed by atoms with Crippen molar-refractivity contribution >= 4 is 0 Å². The first-order valence-electron chi connectivity index (χ1n) is 8.29. The molecule has 1 aliphatic heterocycles. The smallest absolute Gasteiger partial charge is 0.0594 e. The van der Waals surface area contributed by atoms with Crippen LogP contribution in [0.25, 0.3) is 0 Å². The maximum Gasteiger partial charge on any atom is 0.0594 e. The van der Waals surface area contributed by atoms with Gasteiger partial charge in [-0.3, -0.25) is 4.90 Å². The maximum absolute atomic E-state index is 5.56. The fraction of sp³-hybridized carbons (Fsp3) is 0.882. The topological polar surface area (TPSA) is 24.5 Å². The van der Waals surface area contributed by atoms with Gasteiger partial charge in [0.25, 0.3) is 0 Å². The Balaban J connectivity index is 2.14. The fourth-order valence-corrected chi connectivity index (χ4v) is 3.86. The fourth-order valence-electron chi connectivity index (χ4n) is 3.86. The van der Waals surface area contributed by atoms with E-state index in [0.29, 0.717) is 11.6 Å². The van der Waals surface area contributed by atoms with E-state index in [9.17, 15) is 0 Å². The van der Waals surface area contributed by atoms with E-state index in [1.807, 2.05) is 6.92 Å². The van der Waals surface area contributed by atoms with E-state index >= 15 is 0 Å². The van der Waals surface area contributed by atoms with Crippen LogP contribution in [0.2, 0.25) is 0 Å². The number of nitrogens with zero attached hydrogens (tertiary/aromatic N) is 1. The van der Waals surface area contributed by atoms with E-state index in [1.54, 1.807) is 0 Å². The van der Waals surface area contributed by atoms with Crippen LogP contribution in [0.5, 0.6) is 0 Å². The lowest BCUT2D eigenvalue weighted by Crippen LogP contribution is -2.62. The third kappa shape index (κ3) is 3.55. The Morgan fingerprint density at radius 1 is 1.25 bits per heavy atom. The molecule has 0 amide bonds. The van der Waals surface area contributed by atoms with Crippen molar-refractivity contribution in [2.45, 2.75) is 64.0 Å². The average molecular weight is 278 g/mol. The zero-order valence-corrected chi connectivity index (χ0v) is 13.2. The number of morpholine rings is 1. The normalized spacial score (nSPS) is 24.1. The van der Waals surface area contributed by atoms with Crippen molar-refractivity contribution < 1.29 is 4.74 Å². The number of rotatable bonds is 6. The first-order valence-corrected chi connectivity index (χ1v) is 8.29. The minimum Gasteiger partial charge on any atom is -0.379 e. The average Bonchev–Trinajstić information content (AvgIpc) is 2.99. The minimum atomic E-state index is 0.322. The number of hydrogen-bond donors (Lipinski definition) is 1. The molecule has 1 aliphatic carbocycles. The summed E-state index contributed by atoms with van der Waals surface area (Å²) in [5.41, 5.74) is 0.322. The molecule has 20 heavy (non-hydrogen) atoms. The van der Waals surface area contributed by atoms with Crippen LogP contribution in [0.15, 0.2) is 0 Å². The molecule has 3 nitrogen and oxygen atoms in total. The van der Waals surface area contributed by atoms with E-state index < -0.39 is 0 Å². The molecule has 0 aromatic carbocycles. The number of hydrogen-bond acceptors (Lipinski definition) is 3. The first kappa shape index (κ1) is 15.8. The van der Waals surface area contributed by atoms with Gasteiger partial charge < -0.3 is 10.1 Å². The number of nitrogens with one attached hydrogen (secondary N) is 1. The molecule has 1 saturated carbocycles. The molecule has 2 aliphatic rings. The Labute approximate surface area is 124 Å². The molecule has 2 rings (SSSR count). The van der Waals surface area contributed by atoms with Gasteiger partial charge in [-0.15, -0.1) is 11.8 Å². The van der Waals surface area contributed by atoms with Crippen molar-refractivity contribution in [2.75, 3.05) is 32.8 Å². The Bertz CT molecular complexity index is 333. The number of ether oxygens (including phenoxy) is 1. The lowest BCUT2D eigenvalue weighted by molar-refractivity contribution is -0.0350. The van der Waals surface area contributed by atoms with Gasteiger partial charge in [-0.05, 0) is 32.7 Å². The molecule has 114 valence electrons. The van der Waals surface area contributed by atoms with Crippen LogP contribution >= 0.6 is 0 Å². The Morgan fingerprint density at radius 3 is 2.55 bits per heavy atom. The lowest BCUT2D eigenvalue weighted by Gasteiger charge is -2.48. The van der Waals surface area contributed by atoms with Crippen molar-refractivity contribution in [3.8, 4) is 11.8 Å². The first-order chi connectivity index (χ1) is 9.83. The summed E-state index contributed by atoms with van der Waals surface area (Å²) >= 11 is 0. The standard InChI is InChI=1S/C17H30N2O/c1-3-5-8-16(18-11-4-2)17(9-6-7-10-17)19-12-14-20-15-13-19/h16,18H,4,6-15H2,1-2H3. The zero-order valence-electron chi connectivity index (χ0n) is 13.2. The maximum atomic E-state index is 5.56. The molecule has 2 fully saturated rings. The van der Waals surface area contributed by atoms with Gasteiger partial charge in [0.05, 0.1) is 13.2 Å². The molecule has 0 spiro atoms. The molecule has 1 atom stereocenters. The quantitative estimate of drug-likeness (QED) is 0.755. The van der Waals surface area contributed by atoms with Gasteiger partial charge in [0, 0.05) is 31.1 Å². The van der Waals surface area contributed by atoms with E-state index in [-0.39, 0.29) is 0 Å². The Hall–Kier alpha value is -0.560. The predicted octanol–water partition coefficient (Wildman–Crippen LogP) is 2.41. The molecule has 0 aromatic heterocycles. The largest absolute Gasteiger partial charge is 0.379 e. The Morgan fingerprint density at radius 2 is 1.95 bits per heavy atom. The predicted molar refractivity (Wildman–Crippen MR) is 83.7 cm³/mol. The van der Waals surface area contributed by atoms with Gasteiger partial charge in [-0.2, -0.15) is 0 Å². The summed E-state index contributed by atoms with van der Waals surface area (Å²) in [4.78, 5) is 2.70. The highest BCUT2D eigenvalue weighted by atomic mass is 16.5. The van der Waals surface area contributed by atoms with Crippen LogP contribution < -0.4 is 5.32 Å².